The summed E-state index contributed by atoms with van der Waals surface area (Å²) in [5.74, 6) is 0.906. The molecule has 1 heterocycles. The number of pyridine rings is 1. The van der Waals surface area contributed by atoms with Crippen LogP contribution >= 0.6 is 0 Å². The molecule has 0 bridgehead atoms. The molecule has 0 aliphatic rings. The van der Waals surface area contributed by atoms with Crippen LogP contribution in [0.1, 0.15) is 17.7 Å². The third-order valence-corrected chi connectivity index (χ3v) is 3.20. The molecule has 0 aliphatic carbocycles. The maximum Gasteiger partial charge on any atom is 0.211 e. The molecule has 1 aromatic heterocycles. The quantitative estimate of drug-likeness (QED) is 0.421. The standard InChI is InChI=1S/C12H19NO4S/c1-10-11(9-18(3)15)13(14)6-5-12(10)17-8-4-7-16-2/h5-6H,4,7-9H2,1-3H3. The van der Waals surface area contributed by atoms with Gasteiger partial charge in [-0.3, -0.25) is 4.21 Å². The van der Waals surface area contributed by atoms with Crippen LogP contribution in [0.5, 0.6) is 5.75 Å². The van der Waals surface area contributed by atoms with Crippen LogP contribution in [-0.4, -0.2) is 30.8 Å². The van der Waals surface area contributed by atoms with Crippen LogP contribution in [0.4, 0.5) is 0 Å². The van der Waals surface area contributed by atoms with Gasteiger partial charge in [-0.05, 0) is 6.92 Å². The Bertz CT molecular complexity index is 423. The summed E-state index contributed by atoms with van der Waals surface area (Å²) in [6.07, 6.45) is 3.75. The fraction of sp³-hybridized carbons (Fsp3) is 0.583. The van der Waals surface area contributed by atoms with Crippen molar-refractivity contribution in [1.82, 2.24) is 0 Å². The largest absolute Gasteiger partial charge is 0.618 e. The first kappa shape index (κ1) is 14.9. The molecule has 0 spiro atoms. The normalized spacial score (nSPS) is 12.4. The fourth-order valence-corrected chi connectivity index (χ4v) is 2.29. The average molecular weight is 273 g/mol. The third-order valence-electron chi connectivity index (χ3n) is 2.52. The van der Waals surface area contributed by atoms with E-state index in [1.165, 1.54) is 6.20 Å². The molecule has 6 heteroatoms. The maximum absolute atomic E-state index is 11.6. The highest BCUT2D eigenvalue weighted by atomic mass is 32.2. The van der Waals surface area contributed by atoms with E-state index in [4.69, 9.17) is 9.47 Å². The lowest BCUT2D eigenvalue weighted by atomic mass is 10.2. The number of hydrogen-bond donors (Lipinski definition) is 0. The monoisotopic (exact) mass is 273 g/mol. The molecule has 1 unspecified atom stereocenters. The van der Waals surface area contributed by atoms with Gasteiger partial charge in [0, 0.05) is 43.3 Å². The van der Waals surface area contributed by atoms with Gasteiger partial charge in [0.2, 0.25) is 5.69 Å². The van der Waals surface area contributed by atoms with Crippen molar-refractivity contribution in [3.05, 3.63) is 28.7 Å². The molecule has 0 N–H and O–H groups in total. The second kappa shape index (κ2) is 7.33. The van der Waals surface area contributed by atoms with E-state index in [2.05, 4.69) is 0 Å². The molecule has 0 amide bonds. The number of aromatic nitrogens is 1. The van der Waals surface area contributed by atoms with Crippen LogP contribution in [0.25, 0.3) is 0 Å². The van der Waals surface area contributed by atoms with Crippen molar-refractivity contribution in [2.75, 3.05) is 26.6 Å². The predicted molar refractivity (Wildman–Crippen MR) is 69.9 cm³/mol. The van der Waals surface area contributed by atoms with Crippen LogP contribution in [-0.2, 0) is 21.3 Å². The van der Waals surface area contributed by atoms with E-state index in [-0.39, 0.29) is 5.75 Å². The Morgan fingerprint density at radius 2 is 2.17 bits per heavy atom. The molecule has 0 fully saturated rings. The lowest BCUT2D eigenvalue weighted by Crippen LogP contribution is -2.33. The highest BCUT2D eigenvalue weighted by Crippen LogP contribution is 2.19. The first-order valence-corrected chi connectivity index (χ1v) is 7.42. The summed E-state index contributed by atoms with van der Waals surface area (Å²) >= 11 is 0. The summed E-state index contributed by atoms with van der Waals surface area (Å²) in [6, 6.07) is 1.64. The molecule has 1 atom stereocenters. The Morgan fingerprint density at radius 1 is 1.44 bits per heavy atom. The molecule has 0 aliphatic heterocycles. The van der Waals surface area contributed by atoms with Crippen molar-refractivity contribution in [3.8, 4) is 5.75 Å². The molecular formula is C12H19NO4S. The van der Waals surface area contributed by atoms with Crippen LogP contribution in [0.2, 0.25) is 0 Å². The van der Waals surface area contributed by atoms with Crippen molar-refractivity contribution >= 4 is 10.8 Å². The van der Waals surface area contributed by atoms with E-state index in [0.29, 0.717) is 24.7 Å². The van der Waals surface area contributed by atoms with E-state index in [1.807, 2.05) is 6.92 Å². The number of hydrogen-bond acceptors (Lipinski definition) is 4. The first-order valence-electron chi connectivity index (χ1n) is 5.69. The molecule has 1 aromatic rings. The molecule has 102 valence electrons. The van der Waals surface area contributed by atoms with Gasteiger partial charge in [0.15, 0.2) is 6.20 Å². The lowest BCUT2D eigenvalue weighted by molar-refractivity contribution is -0.613. The zero-order valence-corrected chi connectivity index (χ0v) is 11.8. The van der Waals surface area contributed by atoms with Gasteiger partial charge in [-0.2, -0.15) is 4.73 Å². The minimum Gasteiger partial charge on any atom is -0.618 e. The Balaban J connectivity index is 2.77. The van der Waals surface area contributed by atoms with Gasteiger partial charge in [0.05, 0.1) is 12.2 Å². The predicted octanol–water partition coefficient (Wildman–Crippen LogP) is 0.922. The van der Waals surface area contributed by atoms with Crippen molar-refractivity contribution < 1.29 is 18.4 Å². The summed E-state index contributed by atoms with van der Waals surface area (Å²) in [4.78, 5) is 0. The van der Waals surface area contributed by atoms with E-state index in [0.717, 1.165) is 16.7 Å². The molecule has 0 saturated carbocycles. The number of rotatable bonds is 7. The number of methoxy groups -OCH3 is 1. The molecule has 0 radical (unpaired) electrons. The maximum atomic E-state index is 11.6. The van der Waals surface area contributed by atoms with Gasteiger partial charge in [0.25, 0.3) is 0 Å². The number of nitrogens with zero attached hydrogens (tertiary/aromatic N) is 1. The topological polar surface area (TPSA) is 62.5 Å². The molecule has 5 nitrogen and oxygen atoms in total. The Morgan fingerprint density at radius 3 is 2.78 bits per heavy atom. The molecule has 0 saturated heterocycles. The molecule has 0 aromatic carbocycles. The van der Waals surface area contributed by atoms with Crippen LogP contribution in [0.3, 0.4) is 0 Å². The summed E-state index contributed by atoms with van der Waals surface area (Å²) in [5, 5.41) is 11.6. The van der Waals surface area contributed by atoms with Crippen molar-refractivity contribution in [2.24, 2.45) is 0 Å². The number of ether oxygens (including phenoxy) is 2. The van der Waals surface area contributed by atoms with Gasteiger partial charge in [0.1, 0.15) is 11.5 Å². The van der Waals surface area contributed by atoms with E-state index in [1.54, 1.807) is 19.4 Å². The average Bonchev–Trinajstić information content (AvgIpc) is 2.32. The summed E-state index contributed by atoms with van der Waals surface area (Å²) in [5.41, 5.74) is 1.25. The Kier molecular flexibility index (Phi) is 6.07. The van der Waals surface area contributed by atoms with E-state index < -0.39 is 10.8 Å². The minimum absolute atomic E-state index is 0.241. The molecular weight excluding hydrogens is 254 g/mol. The highest BCUT2D eigenvalue weighted by molar-refractivity contribution is 7.83. The minimum atomic E-state index is -1.05. The zero-order chi connectivity index (χ0) is 13.5. The second-order valence-corrected chi connectivity index (χ2v) is 5.42. The second-order valence-electron chi connectivity index (χ2n) is 3.99. The highest BCUT2D eigenvalue weighted by Gasteiger charge is 2.16. The van der Waals surface area contributed by atoms with Gasteiger partial charge < -0.3 is 14.7 Å². The van der Waals surface area contributed by atoms with Gasteiger partial charge >= 0.3 is 0 Å². The first-order chi connectivity index (χ1) is 8.56. The van der Waals surface area contributed by atoms with Gasteiger partial charge in [-0.25, -0.2) is 0 Å². The molecule has 18 heavy (non-hydrogen) atoms. The SMILES string of the molecule is COCCCOc1cc[n+]([O-])c(CS(C)=O)c1C. The van der Waals surface area contributed by atoms with E-state index in [9.17, 15) is 9.42 Å². The van der Waals surface area contributed by atoms with Crippen LogP contribution in [0, 0.1) is 12.1 Å². The summed E-state index contributed by atoms with van der Waals surface area (Å²) in [6.45, 7) is 2.98. The van der Waals surface area contributed by atoms with Gasteiger partial charge in [-0.1, -0.05) is 0 Å². The van der Waals surface area contributed by atoms with Crippen molar-refractivity contribution in [3.63, 3.8) is 0 Å². The third kappa shape index (κ3) is 4.27. The van der Waals surface area contributed by atoms with Crippen LogP contribution in [0.15, 0.2) is 12.3 Å². The lowest BCUT2D eigenvalue weighted by Gasteiger charge is -2.12. The van der Waals surface area contributed by atoms with Crippen molar-refractivity contribution in [2.45, 2.75) is 19.1 Å². The van der Waals surface area contributed by atoms with Gasteiger partial charge in [-0.15, -0.1) is 0 Å². The summed E-state index contributed by atoms with van der Waals surface area (Å²) < 4.78 is 22.5. The fourth-order valence-electron chi connectivity index (χ4n) is 1.56. The zero-order valence-electron chi connectivity index (χ0n) is 11.0. The van der Waals surface area contributed by atoms with Crippen molar-refractivity contribution in [1.29, 1.82) is 0 Å². The smallest absolute Gasteiger partial charge is 0.211 e. The Hall–Kier alpha value is -1.14. The van der Waals surface area contributed by atoms with Crippen LogP contribution < -0.4 is 9.47 Å². The summed E-state index contributed by atoms with van der Waals surface area (Å²) in [7, 11) is 0.591. The molecule has 1 rings (SSSR count). The Labute approximate surface area is 110 Å². The van der Waals surface area contributed by atoms with E-state index >= 15 is 0 Å².